The number of unbranched alkanes of at least 4 members (excludes halogenated alkanes) is 1. The lowest BCUT2D eigenvalue weighted by molar-refractivity contribution is -0.141. The molecule has 0 aliphatic carbocycles. The van der Waals surface area contributed by atoms with Crippen molar-refractivity contribution in [2.75, 3.05) is 19.8 Å². The first-order valence-electron chi connectivity index (χ1n) is 14.2. The summed E-state index contributed by atoms with van der Waals surface area (Å²) in [5.41, 5.74) is 2.66. The topological polar surface area (TPSA) is 67.9 Å². The number of halogens is 1. The van der Waals surface area contributed by atoms with Gasteiger partial charge in [0.05, 0.1) is 13.2 Å². The molecule has 6 nitrogen and oxygen atoms in total. The van der Waals surface area contributed by atoms with Crippen LogP contribution in [0.25, 0.3) is 0 Å². The smallest absolute Gasteiger partial charge is 0.243 e. The number of amides is 2. The molecule has 0 aromatic heterocycles. The van der Waals surface area contributed by atoms with Crippen molar-refractivity contribution in [3.05, 3.63) is 95.3 Å². The molecule has 0 saturated carbocycles. The number of carbonyl (C=O) groups is 2. The van der Waals surface area contributed by atoms with E-state index < -0.39 is 6.04 Å². The van der Waals surface area contributed by atoms with E-state index in [-0.39, 0.29) is 30.6 Å². The number of nitrogens with one attached hydrogen (secondary N) is 1. The summed E-state index contributed by atoms with van der Waals surface area (Å²) in [5, 5.41) is 3.02. The van der Waals surface area contributed by atoms with E-state index in [0.29, 0.717) is 44.1 Å². The van der Waals surface area contributed by atoms with E-state index in [1.165, 1.54) is 12.1 Å². The summed E-state index contributed by atoms with van der Waals surface area (Å²) in [7, 11) is 0. The van der Waals surface area contributed by atoms with Crippen LogP contribution in [0.5, 0.6) is 11.5 Å². The zero-order valence-electron chi connectivity index (χ0n) is 23.8. The van der Waals surface area contributed by atoms with E-state index >= 15 is 0 Å². The van der Waals surface area contributed by atoms with Crippen LogP contribution < -0.4 is 14.8 Å². The Hall–Kier alpha value is -3.87. The van der Waals surface area contributed by atoms with Crippen LogP contribution in [0.3, 0.4) is 0 Å². The number of ether oxygens (including phenoxy) is 2. The summed E-state index contributed by atoms with van der Waals surface area (Å²) in [6, 6.07) is 20.8. The Morgan fingerprint density at radius 3 is 2.20 bits per heavy atom. The molecule has 3 rings (SSSR count). The molecule has 0 aliphatic heterocycles. The minimum absolute atomic E-state index is 0.150. The highest BCUT2D eigenvalue weighted by Gasteiger charge is 2.30. The number of hydrogen-bond acceptors (Lipinski definition) is 4. The van der Waals surface area contributed by atoms with Gasteiger partial charge in [-0.15, -0.1) is 0 Å². The molecule has 0 bridgehead atoms. The van der Waals surface area contributed by atoms with Gasteiger partial charge in [0.1, 0.15) is 11.9 Å². The highest BCUT2D eigenvalue weighted by Crippen LogP contribution is 2.29. The van der Waals surface area contributed by atoms with E-state index in [1.54, 1.807) is 17.0 Å². The number of benzene rings is 3. The van der Waals surface area contributed by atoms with Crippen LogP contribution in [0.2, 0.25) is 0 Å². The van der Waals surface area contributed by atoms with Crippen LogP contribution >= 0.6 is 0 Å². The molecular weight excluding hydrogens is 507 g/mol. The van der Waals surface area contributed by atoms with Gasteiger partial charge in [-0.05, 0) is 67.6 Å². The maximum absolute atomic E-state index is 13.8. The van der Waals surface area contributed by atoms with Gasteiger partial charge in [-0.2, -0.15) is 0 Å². The second-order valence-electron chi connectivity index (χ2n) is 9.65. The van der Waals surface area contributed by atoms with Gasteiger partial charge < -0.3 is 19.7 Å². The average molecular weight is 549 g/mol. The molecule has 0 heterocycles. The number of rotatable bonds is 16. The summed E-state index contributed by atoms with van der Waals surface area (Å²) >= 11 is 0. The van der Waals surface area contributed by atoms with Crippen molar-refractivity contribution in [3.8, 4) is 11.5 Å². The third kappa shape index (κ3) is 9.40. The van der Waals surface area contributed by atoms with Crippen molar-refractivity contribution < 1.29 is 23.5 Å². The van der Waals surface area contributed by atoms with Gasteiger partial charge in [-0.3, -0.25) is 9.59 Å². The third-order valence-corrected chi connectivity index (χ3v) is 6.60. The molecular formula is C33H41FN2O4. The first-order chi connectivity index (χ1) is 19.4. The Morgan fingerprint density at radius 2 is 1.52 bits per heavy atom. The number of aryl methyl sites for hydroxylation is 1. The van der Waals surface area contributed by atoms with Crippen molar-refractivity contribution >= 4 is 11.8 Å². The van der Waals surface area contributed by atoms with Gasteiger partial charge >= 0.3 is 0 Å². The quantitative estimate of drug-likeness (QED) is 0.219. The van der Waals surface area contributed by atoms with Crippen LogP contribution in [0.1, 0.15) is 56.7 Å². The molecule has 7 heteroatoms. The van der Waals surface area contributed by atoms with Crippen LogP contribution in [0, 0.1) is 5.82 Å². The third-order valence-electron chi connectivity index (χ3n) is 6.60. The summed E-state index contributed by atoms with van der Waals surface area (Å²) in [6.07, 6.45) is 2.86. The standard InChI is InChI=1S/C33H41FN2O4/c1-4-7-21-35-33(38)29(22-25-11-9-8-10-12-25)36(24-27-13-17-28(34)18-14-27)32(37)20-16-26-15-19-30(39-5-2)31(23-26)40-6-3/h8-15,17-19,23,29H,4-7,16,20-22,24H2,1-3H3,(H,35,38)/t29-/m1/s1. The number of hydrogen-bond donors (Lipinski definition) is 1. The second-order valence-corrected chi connectivity index (χ2v) is 9.65. The van der Waals surface area contributed by atoms with Crippen LogP contribution in [0.4, 0.5) is 4.39 Å². The lowest BCUT2D eigenvalue weighted by Crippen LogP contribution is -2.50. The zero-order valence-corrected chi connectivity index (χ0v) is 23.8. The Balaban J connectivity index is 1.87. The maximum atomic E-state index is 13.8. The predicted molar refractivity (Wildman–Crippen MR) is 156 cm³/mol. The first-order valence-corrected chi connectivity index (χ1v) is 14.2. The molecule has 1 N–H and O–H groups in total. The van der Waals surface area contributed by atoms with Crippen molar-refractivity contribution in [3.63, 3.8) is 0 Å². The second kappa shape index (κ2) is 16.3. The monoisotopic (exact) mass is 548 g/mol. The molecule has 0 unspecified atom stereocenters. The molecule has 214 valence electrons. The van der Waals surface area contributed by atoms with E-state index in [1.807, 2.05) is 62.4 Å². The SMILES string of the molecule is CCCCNC(=O)[C@@H](Cc1ccccc1)N(Cc1ccc(F)cc1)C(=O)CCc1ccc(OCC)c(OCC)c1. The van der Waals surface area contributed by atoms with E-state index in [9.17, 15) is 14.0 Å². The minimum Gasteiger partial charge on any atom is -0.490 e. The highest BCUT2D eigenvalue weighted by atomic mass is 19.1. The Kier molecular flexibility index (Phi) is 12.5. The Bertz CT molecular complexity index is 1200. The molecule has 2 amide bonds. The van der Waals surface area contributed by atoms with E-state index in [0.717, 1.165) is 29.5 Å². The minimum atomic E-state index is -0.712. The van der Waals surface area contributed by atoms with Gasteiger partial charge in [0.2, 0.25) is 11.8 Å². The van der Waals surface area contributed by atoms with Crippen LogP contribution in [-0.2, 0) is 29.0 Å². The summed E-state index contributed by atoms with van der Waals surface area (Å²) in [5.74, 6) is 0.634. The van der Waals surface area contributed by atoms with Crippen molar-refractivity contribution in [1.29, 1.82) is 0 Å². The zero-order chi connectivity index (χ0) is 28.7. The molecule has 0 spiro atoms. The largest absolute Gasteiger partial charge is 0.490 e. The normalized spacial score (nSPS) is 11.5. The predicted octanol–water partition coefficient (Wildman–Crippen LogP) is 6.11. The Morgan fingerprint density at radius 1 is 0.850 bits per heavy atom. The van der Waals surface area contributed by atoms with Gasteiger partial charge in [-0.1, -0.05) is 61.9 Å². The fraction of sp³-hybridized carbons (Fsp3) is 0.394. The summed E-state index contributed by atoms with van der Waals surface area (Å²) in [6.45, 7) is 7.67. The number of carbonyl (C=O) groups excluding carboxylic acids is 2. The Labute approximate surface area is 237 Å². The van der Waals surface area contributed by atoms with Gasteiger partial charge in [0.15, 0.2) is 11.5 Å². The summed E-state index contributed by atoms with van der Waals surface area (Å²) in [4.78, 5) is 29.0. The van der Waals surface area contributed by atoms with E-state index in [4.69, 9.17) is 9.47 Å². The molecule has 1 atom stereocenters. The van der Waals surface area contributed by atoms with Gasteiger partial charge in [0.25, 0.3) is 0 Å². The molecule has 0 radical (unpaired) electrons. The highest BCUT2D eigenvalue weighted by molar-refractivity contribution is 5.88. The lowest BCUT2D eigenvalue weighted by atomic mass is 10.0. The average Bonchev–Trinajstić information content (AvgIpc) is 2.96. The van der Waals surface area contributed by atoms with Gasteiger partial charge in [-0.25, -0.2) is 4.39 Å². The van der Waals surface area contributed by atoms with Crippen LogP contribution in [-0.4, -0.2) is 42.5 Å². The van der Waals surface area contributed by atoms with Crippen molar-refractivity contribution in [2.45, 2.75) is 65.5 Å². The molecule has 3 aromatic rings. The van der Waals surface area contributed by atoms with Crippen molar-refractivity contribution in [1.82, 2.24) is 10.2 Å². The summed E-state index contributed by atoms with van der Waals surface area (Å²) < 4.78 is 25.1. The maximum Gasteiger partial charge on any atom is 0.243 e. The van der Waals surface area contributed by atoms with Crippen LogP contribution in [0.15, 0.2) is 72.8 Å². The van der Waals surface area contributed by atoms with Crippen molar-refractivity contribution in [2.24, 2.45) is 0 Å². The fourth-order valence-corrected chi connectivity index (χ4v) is 4.49. The van der Waals surface area contributed by atoms with Gasteiger partial charge in [0, 0.05) is 25.9 Å². The molecule has 0 aliphatic rings. The van der Waals surface area contributed by atoms with E-state index in [2.05, 4.69) is 12.2 Å². The fourth-order valence-electron chi connectivity index (χ4n) is 4.49. The molecule has 40 heavy (non-hydrogen) atoms. The first kappa shape index (κ1) is 30.7. The lowest BCUT2D eigenvalue weighted by Gasteiger charge is -2.31. The molecule has 0 fully saturated rings. The molecule has 0 saturated heterocycles. The molecule has 3 aromatic carbocycles. The number of nitrogens with zero attached hydrogens (tertiary/aromatic N) is 1.